The number of Topliss-reactive ketones (excluding diaryl/α,β-unsaturated/α-hetero) is 1. The maximum Gasteiger partial charge on any atom is 0.295 e. The molecule has 5 rings (SSSR count). The number of benzene rings is 2. The van der Waals surface area contributed by atoms with Gasteiger partial charge in [-0.15, -0.1) is 0 Å². The topological polar surface area (TPSA) is 76.1 Å². The highest BCUT2D eigenvalue weighted by Gasteiger charge is 2.47. The van der Waals surface area contributed by atoms with E-state index < -0.39 is 17.7 Å². The first-order valence-corrected chi connectivity index (χ1v) is 11.2. The number of amides is 1. The molecule has 3 atom stereocenters. The Balaban J connectivity index is 1.59. The zero-order chi connectivity index (χ0) is 22.4. The molecule has 6 nitrogen and oxygen atoms in total. The third kappa shape index (κ3) is 3.58. The summed E-state index contributed by atoms with van der Waals surface area (Å²) in [5.41, 5.74) is 3.52. The second-order valence-corrected chi connectivity index (χ2v) is 8.95. The smallest absolute Gasteiger partial charge is 0.295 e. The van der Waals surface area contributed by atoms with Crippen LogP contribution in [-0.4, -0.2) is 47.1 Å². The Morgan fingerprint density at radius 2 is 1.94 bits per heavy atom. The van der Waals surface area contributed by atoms with Crippen LogP contribution < -0.4 is 4.74 Å². The molecule has 1 N–H and O–H groups in total. The summed E-state index contributed by atoms with van der Waals surface area (Å²) in [5, 5.41) is 11.3. The van der Waals surface area contributed by atoms with Crippen molar-refractivity contribution in [1.29, 1.82) is 0 Å². The van der Waals surface area contributed by atoms with Crippen molar-refractivity contribution in [2.75, 3.05) is 13.2 Å². The molecule has 3 unspecified atom stereocenters. The van der Waals surface area contributed by atoms with Crippen molar-refractivity contribution in [3.63, 3.8) is 0 Å². The molecule has 0 bridgehead atoms. The van der Waals surface area contributed by atoms with Crippen LogP contribution in [0, 0.1) is 6.92 Å². The first-order valence-electron chi connectivity index (χ1n) is 11.2. The normalized spacial score (nSPS) is 26.4. The Hall–Kier alpha value is -3.12. The van der Waals surface area contributed by atoms with Crippen molar-refractivity contribution in [3.05, 3.63) is 70.3 Å². The van der Waals surface area contributed by atoms with Crippen molar-refractivity contribution in [2.45, 2.75) is 51.4 Å². The van der Waals surface area contributed by atoms with E-state index in [1.54, 1.807) is 11.0 Å². The van der Waals surface area contributed by atoms with Gasteiger partial charge in [0.2, 0.25) is 0 Å². The molecule has 2 aromatic carbocycles. The second kappa shape index (κ2) is 8.10. The monoisotopic (exact) mass is 433 g/mol. The minimum atomic E-state index is -0.656. The van der Waals surface area contributed by atoms with E-state index >= 15 is 0 Å². The Morgan fingerprint density at radius 3 is 2.66 bits per heavy atom. The average molecular weight is 434 g/mol. The number of aryl methyl sites for hydroxylation is 1. The molecule has 2 aromatic rings. The predicted octanol–water partition coefficient (Wildman–Crippen LogP) is 3.92. The zero-order valence-corrected chi connectivity index (χ0v) is 18.3. The van der Waals surface area contributed by atoms with Crippen molar-refractivity contribution >= 4 is 17.4 Å². The van der Waals surface area contributed by atoms with Gasteiger partial charge in [0.25, 0.3) is 11.7 Å². The number of aliphatic hydroxyl groups is 1. The average Bonchev–Trinajstić information content (AvgIpc) is 3.48. The van der Waals surface area contributed by atoms with Gasteiger partial charge < -0.3 is 19.5 Å². The number of ether oxygens (including phenoxy) is 2. The van der Waals surface area contributed by atoms with Crippen LogP contribution in [-0.2, 0) is 20.7 Å². The van der Waals surface area contributed by atoms with E-state index in [9.17, 15) is 14.7 Å². The lowest BCUT2D eigenvalue weighted by Crippen LogP contribution is -2.36. The summed E-state index contributed by atoms with van der Waals surface area (Å²) in [4.78, 5) is 27.8. The van der Waals surface area contributed by atoms with E-state index in [0.717, 1.165) is 41.7 Å². The van der Waals surface area contributed by atoms with Crippen LogP contribution in [0.2, 0.25) is 0 Å². The van der Waals surface area contributed by atoms with E-state index in [1.165, 1.54) is 0 Å². The molecule has 3 heterocycles. The maximum atomic E-state index is 13.2. The van der Waals surface area contributed by atoms with Gasteiger partial charge in [-0.25, -0.2) is 0 Å². The number of hydrogen-bond acceptors (Lipinski definition) is 5. The van der Waals surface area contributed by atoms with Crippen molar-refractivity contribution in [3.8, 4) is 5.75 Å². The minimum Gasteiger partial charge on any atom is -0.507 e. The lowest BCUT2D eigenvalue weighted by atomic mass is 9.94. The molecule has 3 aliphatic rings. The number of carbonyl (C=O) groups excluding carboxylic acids is 2. The van der Waals surface area contributed by atoms with Gasteiger partial charge in [0.05, 0.1) is 17.7 Å². The molecule has 0 spiro atoms. The highest BCUT2D eigenvalue weighted by molar-refractivity contribution is 6.46. The number of fused-ring (bicyclic) bond motifs is 1. The van der Waals surface area contributed by atoms with Crippen molar-refractivity contribution in [1.82, 2.24) is 4.90 Å². The van der Waals surface area contributed by atoms with Crippen LogP contribution in [0.15, 0.2) is 48.0 Å². The number of hydrogen-bond donors (Lipinski definition) is 1. The largest absolute Gasteiger partial charge is 0.507 e. The van der Waals surface area contributed by atoms with E-state index in [1.807, 2.05) is 50.2 Å². The van der Waals surface area contributed by atoms with Gasteiger partial charge >= 0.3 is 0 Å². The maximum absolute atomic E-state index is 13.2. The predicted molar refractivity (Wildman–Crippen MR) is 119 cm³/mol. The third-order valence-electron chi connectivity index (χ3n) is 6.53. The van der Waals surface area contributed by atoms with Gasteiger partial charge in [-0.2, -0.15) is 0 Å². The second-order valence-electron chi connectivity index (χ2n) is 8.95. The molecule has 2 fully saturated rings. The van der Waals surface area contributed by atoms with Gasteiger partial charge in [0, 0.05) is 25.1 Å². The molecule has 0 radical (unpaired) electrons. The number of likely N-dealkylation sites (tertiary alicyclic amines) is 1. The summed E-state index contributed by atoms with van der Waals surface area (Å²) in [6.45, 7) is 4.98. The summed E-state index contributed by atoms with van der Waals surface area (Å²) in [7, 11) is 0. The molecule has 2 saturated heterocycles. The summed E-state index contributed by atoms with van der Waals surface area (Å²) in [6.07, 6.45) is 2.52. The Labute approximate surface area is 187 Å². The van der Waals surface area contributed by atoms with Crippen molar-refractivity contribution < 1.29 is 24.2 Å². The van der Waals surface area contributed by atoms with Crippen LogP contribution in [0.1, 0.15) is 48.1 Å². The van der Waals surface area contributed by atoms with Crippen LogP contribution in [0.3, 0.4) is 0 Å². The van der Waals surface area contributed by atoms with Crippen LogP contribution in [0.4, 0.5) is 0 Å². The fourth-order valence-corrected chi connectivity index (χ4v) is 4.90. The first-order chi connectivity index (χ1) is 15.4. The van der Waals surface area contributed by atoms with Gasteiger partial charge in [0.15, 0.2) is 0 Å². The number of aliphatic hydroxyl groups excluding tert-OH is 1. The lowest BCUT2D eigenvalue weighted by Gasteiger charge is -2.27. The number of nitrogens with zero attached hydrogens (tertiary/aromatic N) is 1. The molecule has 166 valence electrons. The molecule has 3 aliphatic heterocycles. The molecule has 1 amide bonds. The minimum absolute atomic E-state index is 0.0759. The van der Waals surface area contributed by atoms with E-state index in [0.29, 0.717) is 18.7 Å². The van der Waals surface area contributed by atoms with E-state index in [2.05, 4.69) is 0 Å². The molecule has 0 aliphatic carbocycles. The summed E-state index contributed by atoms with van der Waals surface area (Å²) >= 11 is 0. The number of ketones is 1. The molecule has 0 aromatic heterocycles. The quantitative estimate of drug-likeness (QED) is 0.449. The SMILES string of the molecule is Cc1ccc(C2C(=C(O)c3ccc4c(c3)CC(C)O4)C(=O)C(=O)N2CC2CCCO2)cc1. The molecule has 6 heteroatoms. The summed E-state index contributed by atoms with van der Waals surface area (Å²) in [5.74, 6) is -0.601. The standard InChI is InChI=1S/C26H27NO5/c1-15-5-7-17(8-6-15)23-22(25(29)26(30)27(23)14-20-4-3-11-31-20)24(28)18-9-10-21-19(13-18)12-16(2)32-21/h5-10,13,16,20,23,28H,3-4,11-12,14H2,1-2H3. The van der Waals surface area contributed by atoms with Crippen molar-refractivity contribution in [2.24, 2.45) is 0 Å². The molecular formula is C26H27NO5. The zero-order valence-electron chi connectivity index (χ0n) is 18.3. The van der Waals surface area contributed by atoms with Gasteiger partial charge in [-0.3, -0.25) is 9.59 Å². The summed E-state index contributed by atoms with van der Waals surface area (Å²) < 4.78 is 11.5. The van der Waals surface area contributed by atoms with Crippen LogP contribution >= 0.6 is 0 Å². The molecule has 32 heavy (non-hydrogen) atoms. The fourth-order valence-electron chi connectivity index (χ4n) is 4.90. The molecular weight excluding hydrogens is 406 g/mol. The lowest BCUT2D eigenvalue weighted by molar-refractivity contribution is -0.140. The Morgan fingerprint density at radius 1 is 1.16 bits per heavy atom. The fraction of sp³-hybridized carbons (Fsp3) is 0.385. The Kier molecular flexibility index (Phi) is 5.25. The Bertz CT molecular complexity index is 1100. The number of rotatable bonds is 4. The highest BCUT2D eigenvalue weighted by Crippen LogP contribution is 2.41. The number of carbonyl (C=O) groups is 2. The van der Waals surface area contributed by atoms with Gasteiger partial charge in [0.1, 0.15) is 17.6 Å². The van der Waals surface area contributed by atoms with Gasteiger partial charge in [-0.05, 0) is 56.0 Å². The third-order valence-corrected chi connectivity index (χ3v) is 6.53. The highest BCUT2D eigenvalue weighted by atomic mass is 16.5. The van der Waals surface area contributed by atoms with E-state index in [-0.39, 0.29) is 23.5 Å². The van der Waals surface area contributed by atoms with Crippen LogP contribution in [0.25, 0.3) is 5.76 Å². The van der Waals surface area contributed by atoms with Gasteiger partial charge in [-0.1, -0.05) is 29.8 Å². The van der Waals surface area contributed by atoms with E-state index in [4.69, 9.17) is 9.47 Å². The summed E-state index contributed by atoms with van der Waals surface area (Å²) in [6, 6.07) is 12.5. The molecule has 0 saturated carbocycles. The first kappa shape index (κ1) is 20.8. The van der Waals surface area contributed by atoms with Crippen LogP contribution in [0.5, 0.6) is 5.75 Å².